The number of anilines is 1. The Labute approximate surface area is 183 Å². The van der Waals surface area contributed by atoms with Crippen LogP contribution in [0, 0.1) is 5.82 Å². The van der Waals surface area contributed by atoms with Crippen LogP contribution in [0.15, 0.2) is 71.2 Å². The second-order valence-corrected chi connectivity index (χ2v) is 7.99. The van der Waals surface area contributed by atoms with Gasteiger partial charge in [-0.1, -0.05) is 42.5 Å². The van der Waals surface area contributed by atoms with Crippen molar-refractivity contribution >= 4 is 27.7 Å². The summed E-state index contributed by atoms with van der Waals surface area (Å²) in [6, 6.07) is 20.1. The van der Waals surface area contributed by atoms with Gasteiger partial charge in [0.05, 0.1) is 23.3 Å². The maximum Gasteiger partial charge on any atom is 0.415 e. The quantitative estimate of drug-likeness (QED) is 0.441. The molecule has 0 bridgehead atoms. The van der Waals surface area contributed by atoms with Gasteiger partial charge in [-0.15, -0.1) is 0 Å². The molecule has 1 unspecified atom stereocenters. The number of halogens is 2. The zero-order valence-electron chi connectivity index (χ0n) is 16.5. The van der Waals surface area contributed by atoms with Crippen LogP contribution in [-0.4, -0.2) is 13.2 Å². The summed E-state index contributed by atoms with van der Waals surface area (Å²) < 4.78 is 25.3. The zero-order chi connectivity index (χ0) is 21.1. The van der Waals surface area contributed by atoms with Gasteiger partial charge in [-0.25, -0.2) is 9.18 Å². The van der Waals surface area contributed by atoms with E-state index in [0.29, 0.717) is 23.0 Å². The molecule has 1 aliphatic rings. The summed E-state index contributed by atoms with van der Waals surface area (Å²) in [5.74, 6) is 0.409. The first-order valence-electron chi connectivity index (χ1n) is 9.68. The van der Waals surface area contributed by atoms with Crippen molar-refractivity contribution in [2.75, 3.05) is 12.0 Å². The maximum absolute atomic E-state index is 14.1. The van der Waals surface area contributed by atoms with Crippen molar-refractivity contribution in [1.29, 1.82) is 0 Å². The molecule has 1 heterocycles. The van der Waals surface area contributed by atoms with Crippen LogP contribution in [0.25, 0.3) is 0 Å². The van der Waals surface area contributed by atoms with Crippen LogP contribution < -0.4 is 9.64 Å². The molecule has 0 saturated carbocycles. The van der Waals surface area contributed by atoms with E-state index in [-0.39, 0.29) is 18.5 Å². The lowest BCUT2D eigenvalue weighted by molar-refractivity contribution is 0.143. The number of hydrogen-bond donors (Lipinski definition) is 0. The molecule has 0 aromatic heterocycles. The largest absolute Gasteiger partial charge is 0.497 e. The Balaban J connectivity index is 1.68. The molecule has 30 heavy (non-hydrogen) atoms. The van der Waals surface area contributed by atoms with Crippen molar-refractivity contribution in [3.05, 3.63) is 93.7 Å². The minimum Gasteiger partial charge on any atom is -0.497 e. The Morgan fingerprint density at radius 3 is 2.57 bits per heavy atom. The number of carbonyl (C=O) groups is 1. The third-order valence-corrected chi connectivity index (χ3v) is 5.89. The van der Waals surface area contributed by atoms with Crippen molar-refractivity contribution in [2.45, 2.75) is 25.5 Å². The molecular weight excluding hydrogens is 449 g/mol. The number of rotatable bonds is 4. The topological polar surface area (TPSA) is 38.8 Å². The fourth-order valence-corrected chi connectivity index (χ4v) is 4.08. The van der Waals surface area contributed by atoms with Crippen molar-refractivity contribution in [3.63, 3.8) is 0 Å². The molecule has 0 N–H and O–H groups in total. The summed E-state index contributed by atoms with van der Waals surface area (Å²) in [5.41, 5.74) is 3.33. The van der Waals surface area contributed by atoms with Crippen molar-refractivity contribution < 1.29 is 18.7 Å². The van der Waals surface area contributed by atoms with Gasteiger partial charge in [0.2, 0.25) is 0 Å². The molecule has 0 saturated heterocycles. The summed E-state index contributed by atoms with van der Waals surface area (Å²) >= 11 is 3.25. The summed E-state index contributed by atoms with van der Waals surface area (Å²) in [6.45, 7) is 0.170. The number of hydrogen-bond acceptors (Lipinski definition) is 3. The lowest BCUT2D eigenvalue weighted by Gasteiger charge is -2.37. The Hall–Kier alpha value is -2.86. The van der Waals surface area contributed by atoms with E-state index in [0.717, 1.165) is 22.4 Å². The van der Waals surface area contributed by atoms with Gasteiger partial charge in [0, 0.05) is 0 Å². The van der Waals surface area contributed by atoms with Gasteiger partial charge in [0.25, 0.3) is 0 Å². The zero-order valence-corrected chi connectivity index (χ0v) is 18.1. The highest BCUT2D eigenvalue weighted by Gasteiger charge is 2.34. The molecule has 0 aliphatic carbocycles. The number of ether oxygens (including phenoxy) is 2. The van der Waals surface area contributed by atoms with Crippen LogP contribution in [0.1, 0.15) is 29.2 Å². The monoisotopic (exact) mass is 469 g/mol. The van der Waals surface area contributed by atoms with E-state index in [1.165, 1.54) is 6.07 Å². The number of benzene rings is 3. The molecule has 0 spiro atoms. The minimum absolute atomic E-state index is 0.170. The minimum atomic E-state index is -0.459. The van der Waals surface area contributed by atoms with E-state index in [1.807, 2.05) is 54.6 Å². The summed E-state index contributed by atoms with van der Waals surface area (Å²) in [5, 5.41) is 0. The highest BCUT2D eigenvalue weighted by molar-refractivity contribution is 9.10. The normalized spacial score (nSPS) is 15.4. The van der Waals surface area contributed by atoms with Crippen molar-refractivity contribution in [3.8, 4) is 5.75 Å². The lowest BCUT2D eigenvalue weighted by atomic mass is 9.91. The molecule has 1 amide bonds. The third kappa shape index (κ3) is 4.19. The smallest absolute Gasteiger partial charge is 0.415 e. The van der Waals surface area contributed by atoms with Crippen LogP contribution in [0.5, 0.6) is 5.75 Å². The molecule has 154 valence electrons. The van der Waals surface area contributed by atoms with E-state index in [9.17, 15) is 9.18 Å². The van der Waals surface area contributed by atoms with Crippen molar-refractivity contribution in [1.82, 2.24) is 0 Å². The Morgan fingerprint density at radius 2 is 1.87 bits per heavy atom. The number of carbonyl (C=O) groups excluding carboxylic acids is 1. The molecule has 1 aliphatic heterocycles. The molecule has 4 nitrogen and oxygen atoms in total. The molecular formula is C24H21BrFNO3. The van der Waals surface area contributed by atoms with E-state index >= 15 is 0 Å². The first-order valence-corrected chi connectivity index (χ1v) is 10.5. The summed E-state index contributed by atoms with van der Waals surface area (Å²) in [7, 11) is 1.62. The second-order valence-electron chi connectivity index (χ2n) is 7.13. The Kier molecular flexibility index (Phi) is 6.04. The fourth-order valence-electron chi connectivity index (χ4n) is 3.75. The molecule has 1 atom stereocenters. The second kappa shape index (κ2) is 8.88. The Morgan fingerprint density at radius 1 is 1.13 bits per heavy atom. The average Bonchev–Trinajstić information content (AvgIpc) is 2.78. The molecule has 3 aromatic carbocycles. The van der Waals surface area contributed by atoms with Crippen LogP contribution >= 0.6 is 15.9 Å². The van der Waals surface area contributed by atoms with Gasteiger partial charge in [-0.05, 0) is 69.7 Å². The predicted molar refractivity (Wildman–Crippen MR) is 117 cm³/mol. The van der Waals surface area contributed by atoms with Crippen LogP contribution in [-0.2, 0) is 17.8 Å². The highest BCUT2D eigenvalue weighted by Crippen LogP contribution is 2.41. The first-order chi connectivity index (χ1) is 14.6. The molecule has 6 heteroatoms. The van der Waals surface area contributed by atoms with Gasteiger partial charge in [-0.3, -0.25) is 4.90 Å². The molecule has 3 aromatic rings. The number of aryl methyl sites for hydroxylation is 1. The molecule has 0 fully saturated rings. The lowest BCUT2D eigenvalue weighted by Crippen LogP contribution is -2.39. The van der Waals surface area contributed by atoms with Crippen LogP contribution in [0.3, 0.4) is 0 Å². The standard InChI is InChI=1S/C24H21BrFNO3/c1-29-19-10-7-17(8-11-19)22-12-9-18-13-21(26)20(25)14-23(18)27(22)24(28)30-15-16-5-3-2-4-6-16/h2-8,10-11,13-14,22H,9,12,15H2,1H3. The van der Waals surface area contributed by atoms with Gasteiger partial charge < -0.3 is 9.47 Å². The van der Waals surface area contributed by atoms with Gasteiger partial charge in [0.1, 0.15) is 18.2 Å². The number of nitrogens with zero attached hydrogens (tertiary/aromatic N) is 1. The van der Waals surface area contributed by atoms with E-state index in [4.69, 9.17) is 9.47 Å². The molecule has 0 radical (unpaired) electrons. The van der Waals surface area contributed by atoms with Crippen molar-refractivity contribution in [2.24, 2.45) is 0 Å². The van der Waals surface area contributed by atoms with Gasteiger partial charge in [0.15, 0.2) is 0 Å². The number of methoxy groups -OCH3 is 1. The summed E-state index contributed by atoms with van der Waals surface area (Å²) in [4.78, 5) is 14.8. The van der Waals surface area contributed by atoms with Gasteiger partial charge >= 0.3 is 6.09 Å². The Bertz CT molecular complexity index is 1040. The van der Waals surface area contributed by atoms with Gasteiger partial charge in [-0.2, -0.15) is 0 Å². The maximum atomic E-state index is 14.1. The van der Waals surface area contributed by atoms with E-state index in [2.05, 4.69) is 15.9 Å². The third-order valence-electron chi connectivity index (χ3n) is 5.28. The predicted octanol–water partition coefficient (Wildman–Crippen LogP) is 6.43. The van der Waals surface area contributed by atoms with E-state index < -0.39 is 6.09 Å². The number of amides is 1. The summed E-state index contributed by atoms with van der Waals surface area (Å²) in [6.07, 6.45) is 0.874. The first kappa shape index (κ1) is 20.4. The average molecular weight is 470 g/mol. The molecule has 4 rings (SSSR count). The van der Waals surface area contributed by atoms with Crippen LogP contribution in [0.2, 0.25) is 0 Å². The highest BCUT2D eigenvalue weighted by atomic mass is 79.9. The number of fused-ring (bicyclic) bond motifs is 1. The fraction of sp³-hybridized carbons (Fsp3) is 0.208. The SMILES string of the molecule is COc1ccc(C2CCc3cc(F)c(Br)cc3N2C(=O)OCc2ccccc2)cc1. The van der Waals surface area contributed by atoms with E-state index in [1.54, 1.807) is 18.1 Å². The van der Waals surface area contributed by atoms with Crippen LogP contribution in [0.4, 0.5) is 14.9 Å².